The Hall–Kier alpha value is -3.73. The highest BCUT2D eigenvalue weighted by Gasteiger charge is 2.13. The van der Waals surface area contributed by atoms with Crippen LogP contribution < -0.4 is 0 Å². The molecule has 4 aromatic rings. The molecule has 0 bridgehead atoms. The van der Waals surface area contributed by atoms with Gasteiger partial charge in [-0.3, -0.25) is 9.78 Å². The van der Waals surface area contributed by atoms with Crippen molar-refractivity contribution in [3.63, 3.8) is 0 Å². The first-order chi connectivity index (χ1) is 14.7. The first-order valence-electron chi connectivity index (χ1n) is 10.0. The van der Waals surface area contributed by atoms with E-state index in [4.69, 9.17) is 4.42 Å². The van der Waals surface area contributed by atoms with Gasteiger partial charge in [-0.1, -0.05) is 49.4 Å². The maximum atomic E-state index is 13.0. The van der Waals surface area contributed by atoms with E-state index in [-0.39, 0.29) is 5.91 Å². The number of pyridine rings is 1. The molecule has 0 saturated carbocycles. The summed E-state index contributed by atoms with van der Waals surface area (Å²) in [4.78, 5) is 23.4. The minimum absolute atomic E-state index is 0.110. The molecule has 2 aromatic heterocycles. The van der Waals surface area contributed by atoms with E-state index in [9.17, 15) is 4.79 Å². The van der Waals surface area contributed by atoms with Crippen molar-refractivity contribution in [2.45, 2.75) is 26.4 Å². The van der Waals surface area contributed by atoms with Gasteiger partial charge >= 0.3 is 0 Å². The molecule has 2 aromatic carbocycles. The summed E-state index contributed by atoms with van der Waals surface area (Å²) >= 11 is 0. The summed E-state index contributed by atoms with van der Waals surface area (Å²) in [6.07, 6.45) is 7.64. The molecule has 0 unspecified atom stereocenters. The number of aryl methyl sites for hydroxylation is 1. The molecule has 5 heteroatoms. The number of carbonyl (C=O) groups is 1. The average Bonchev–Trinajstić information content (AvgIpc) is 3.21. The SMILES string of the molecule is CCc1ccc(CN(Cc2cccnc2)C(=O)/C=C\c2nc3ccccc3o2)cc1. The van der Waals surface area contributed by atoms with E-state index < -0.39 is 0 Å². The average molecular weight is 397 g/mol. The molecule has 0 atom stereocenters. The quantitative estimate of drug-likeness (QED) is 0.411. The molecule has 0 spiro atoms. The van der Waals surface area contributed by atoms with Crippen molar-refractivity contribution in [3.05, 3.63) is 102 Å². The highest BCUT2D eigenvalue weighted by atomic mass is 16.3. The van der Waals surface area contributed by atoms with E-state index in [0.29, 0.717) is 24.6 Å². The number of amides is 1. The van der Waals surface area contributed by atoms with Crippen LogP contribution in [0.4, 0.5) is 0 Å². The van der Waals surface area contributed by atoms with Crippen LogP contribution in [0, 0.1) is 0 Å². The number of fused-ring (bicyclic) bond motifs is 1. The second kappa shape index (κ2) is 9.18. The van der Waals surface area contributed by atoms with Crippen molar-refractivity contribution in [2.75, 3.05) is 0 Å². The Bertz CT molecular complexity index is 1110. The van der Waals surface area contributed by atoms with E-state index in [1.807, 2.05) is 36.4 Å². The summed E-state index contributed by atoms with van der Waals surface area (Å²) in [6.45, 7) is 3.11. The molecule has 0 fully saturated rings. The van der Waals surface area contributed by atoms with Gasteiger partial charge in [0.25, 0.3) is 0 Å². The number of aromatic nitrogens is 2. The number of hydrogen-bond acceptors (Lipinski definition) is 4. The van der Waals surface area contributed by atoms with Crippen LogP contribution in [-0.2, 0) is 24.3 Å². The number of para-hydroxylation sites is 2. The Kier molecular flexibility index (Phi) is 5.99. The Labute approximate surface area is 175 Å². The van der Waals surface area contributed by atoms with Gasteiger partial charge in [0.15, 0.2) is 5.58 Å². The molecule has 0 saturated heterocycles. The fourth-order valence-electron chi connectivity index (χ4n) is 3.23. The van der Waals surface area contributed by atoms with Gasteiger partial charge in [-0.05, 0) is 41.3 Å². The molecule has 150 valence electrons. The van der Waals surface area contributed by atoms with Crippen LogP contribution in [0.1, 0.15) is 29.5 Å². The molecule has 0 N–H and O–H groups in total. The predicted molar refractivity (Wildman–Crippen MR) is 117 cm³/mol. The zero-order valence-electron chi connectivity index (χ0n) is 16.9. The summed E-state index contributed by atoms with van der Waals surface area (Å²) in [6, 6.07) is 19.8. The molecule has 30 heavy (non-hydrogen) atoms. The van der Waals surface area contributed by atoms with Crippen LogP contribution in [0.5, 0.6) is 0 Å². The Balaban J connectivity index is 1.54. The van der Waals surface area contributed by atoms with Gasteiger partial charge in [0.1, 0.15) is 5.52 Å². The van der Waals surface area contributed by atoms with Gasteiger partial charge in [-0.25, -0.2) is 4.98 Å². The monoisotopic (exact) mass is 397 g/mol. The maximum absolute atomic E-state index is 13.0. The minimum atomic E-state index is -0.110. The molecule has 2 heterocycles. The van der Waals surface area contributed by atoms with Crippen LogP contribution in [0.3, 0.4) is 0 Å². The number of carbonyl (C=O) groups excluding carboxylic acids is 1. The van der Waals surface area contributed by atoms with Gasteiger partial charge in [-0.15, -0.1) is 0 Å². The van der Waals surface area contributed by atoms with Crippen molar-refractivity contribution < 1.29 is 9.21 Å². The highest BCUT2D eigenvalue weighted by Crippen LogP contribution is 2.16. The van der Waals surface area contributed by atoms with Gasteiger partial charge in [-0.2, -0.15) is 0 Å². The zero-order valence-corrected chi connectivity index (χ0v) is 16.9. The lowest BCUT2D eigenvalue weighted by Crippen LogP contribution is -2.28. The summed E-state index contributed by atoms with van der Waals surface area (Å²) in [5, 5.41) is 0. The van der Waals surface area contributed by atoms with Crippen molar-refractivity contribution in [1.82, 2.24) is 14.9 Å². The predicted octanol–water partition coefficient (Wildman–Crippen LogP) is 5.03. The molecule has 0 aliphatic rings. The van der Waals surface area contributed by atoms with E-state index in [0.717, 1.165) is 23.1 Å². The van der Waals surface area contributed by atoms with E-state index in [1.165, 1.54) is 11.6 Å². The first-order valence-corrected chi connectivity index (χ1v) is 10.0. The number of hydrogen-bond donors (Lipinski definition) is 0. The van der Waals surface area contributed by atoms with Crippen molar-refractivity contribution in [3.8, 4) is 0 Å². The van der Waals surface area contributed by atoms with Gasteiger partial charge in [0.05, 0.1) is 0 Å². The molecular weight excluding hydrogens is 374 g/mol. The van der Waals surface area contributed by atoms with Crippen molar-refractivity contribution >= 4 is 23.1 Å². The molecule has 1 amide bonds. The zero-order chi connectivity index (χ0) is 20.8. The molecule has 0 aliphatic carbocycles. The van der Waals surface area contributed by atoms with E-state index >= 15 is 0 Å². The normalized spacial score (nSPS) is 11.2. The van der Waals surface area contributed by atoms with Crippen LogP contribution in [-0.4, -0.2) is 20.8 Å². The Morgan fingerprint density at radius 1 is 0.967 bits per heavy atom. The van der Waals surface area contributed by atoms with Crippen molar-refractivity contribution in [1.29, 1.82) is 0 Å². The molecule has 4 rings (SSSR count). The lowest BCUT2D eigenvalue weighted by molar-refractivity contribution is -0.127. The summed E-state index contributed by atoms with van der Waals surface area (Å²) in [5.41, 5.74) is 4.81. The maximum Gasteiger partial charge on any atom is 0.247 e. The lowest BCUT2D eigenvalue weighted by Gasteiger charge is -2.21. The van der Waals surface area contributed by atoms with Crippen molar-refractivity contribution in [2.24, 2.45) is 0 Å². The molecule has 0 radical (unpaired) electrons. The second-order valence-electron chi connectivity index (χ2n) is 7.08. The highest BCUT2D eigenvalue weighted by molar-refractivity contribution is 5.91. The second-order valence-corrected chi connectivity index (χ2v) is 7.08. The third-order valence-electron chi connectivity index (χ3n) is 4.89. The third kappa shape index (κ3) is 4.81. The third-order valence-corrected chi connectivity index (χ3v) is 4.89. The summed E-state index contributed by atoms with van der Waals surface area (Å²) < 4.78 is 5.68. The largest absolute Gasteiger partial charge is 0.437 e. The number of oxazole rings is 1. The molecule has 5 nitrogen and oxygen atoms in total. The Morgan fingerprint density at radius 2 is 1.73 bits per heavy atom. The molecular formula is C25H23N3O2. The summed E-state index contributed by atoms with van der Waals surface area (Å²) in [5.74, 6) is 0.304. The fraction of sp³-hybridized carbons (Fsp3) is 0.160. The van der Waals surface area contributed by atoms with Gasteiger partial charge in [0.2, 0.25) is 11.8 Å². The van der Waals surface area contributed by atoms with Crippen LogP contribution in [0.15, 0.2) is 83.6 Å². The first kappa shape index (κ1) is 19.6. The van der Waals surface area contributed by atoms with Crippen LogP contribution >= 0.6 is 0 Å². The van der Waals surface area contributed by atoms with Gasteiger partial charge in [0, 0.05) is 37.6 Å². The van der Waals surface area contributed by atoms with Gasteiger partial charge < -0.3 is 9.32 Å². The van der Waals surface area contributed by atoms with Crippen LogP contribution in [0.25, 0.3) is 17.2 Å². The minimum Gasteiger partial charge on any atom is -0.437 e. The fourth-order valence-corrected chi connectivity index (χ4v) is 3.23. The summed E-state index contributed by atoms with van der Waals surface area (Å²) in [7, 11) is 0. The van der Waals surface area contributed by atoms with Crippen LogP contribution in [0.2, 0.25) is 0 Å². The topological polar surface area (TPSA) is 59.2 Å². The molecule has 0 aliphatic heterocycles. The lowest BCUT2D eigenvalue weighted by atomic mass is 10.1. The number of benzene rings is 2. The standard InChI is InChI=1S/C25H23N3O2/c1-2-19-9-11-20(12-10-19)17-28(18-21-6-5-15-26-16-21)25(29)14-13-24-27-22-7-3-4-8-23(22)30-24/h3-16H,2,17-18H2,1H3/b14-13-. The van der Waals surface area contributed by atoms with E-state index in [2.05, 4.69) is 41.2 Å². The number of rotatable bonds is 7. The smallest absolute Gasteiger partial charge is 0.247 e. The number of nitrogens with zero attached hydrogens (tertiary/aromatic N) is 3. The Morgan fingerprint density at radius 3 is 2.47 bits per heavy atom. The van der Waals surface area contributed by atoms with E-state index in [1.54, 1.807) is 23.4 Å².